The fourth-order valence-corrected chi connectivity index (χ4v) is 10.3. The molecule has 1 saturated carbocycles. The van der Waals surface area contributed by atoms with E-state index in [-0.39, 0.29) is 54.6 Å². The van der Waals surface area contributed by atoms with Crippen molar-refractivity contribution in [3.63, 3.8) is 0 Å². The highest BCUT2D eigenvalue weighted by molar-refractivity contribution is 6.39. The fraction of sp³-hybridized carbons (Fsp3) is 0.765. The molecule has 3 heterocycles. The van der Waals surface area contributed by atoms with E-state index >= 15 is 0 Å². The van der Waals surface area contributed by atoms with E-state index < -0.39 is 72.0 Å². The first-order chi connectivity index (χ1) is 30.9. The van der Waals surface area contributed by atoms with E-state index in [1.807, 2.05) is 64.2 Å². The molecule has 0 aromatic rings. The largest absolute Gasteiger partial charge is 0.459 e. The number of carbonyl (C=O) groups excluding carboxylic acids is 4. The van der Waals surface area contributed by atoms with Crippen molar-refractivity contribution in [2.45, 2.75) is 186 Å². The Bertz CT molecular complexity index is 1700. The van der Waals surface area contributed by atoms with Gasteiger partial charge in [-0.2, -0.15) is 0 Å². The zero-order chi connectivity index (χ0) is 48.0. The average molecular weight is 915 g/mol. The van der Waals surface area contributed by atoms with Gasteiger partial charge in [0.2, 0.25) is 5.79 Å². The van der Waals surface area contributed by atoms with Crippen LogP contribution < -0.4 is 5.73 Å². The number of allylic oxidation sites excluding steroid dienone is 6. The van der Waals surface area contributed by atoms with Crippen LogP contribution in [0.1, 0.15) is 125 Å². The van der Waals surface area contributed by atoms with Crippen LogP contribution in [-0.2, 0) is 47.6 Å². The number of rotatable bonds is 7. The van der Waals surface area contributed by atoms with Crippen LogP contribution >= 0.6 is 0 Å². The molecule has 2 bridgehead atoms. The number of nitrogens with zero attached hydrogens (tertiary/aromatic N) is 1. The average Bonchev–Trinajstić information content (AvgIpc) is 3.29. The topological polar surface area (TPSA) is 193 Å². The number of esters is 1. The molecule has 3 fully saturated rings. The Morgan fingerprint density at radius 1 is 0.800 bits per heavy atom. The Labute approximate surface area is 388 Å². The quantitative estimate of drug-likeness (QED) is 0.146. The van der Waals surface area contributed by atoms with E-state index in [1.54, 1.807) is 35.2 Å². The molecule has 1 amide bonds. The van der Waals surface area contributed by atoms with Crippen LogP contribution in [0.4, 0.5) is 0 Å². The number of hydrogen-bond acceptors (Lipinski definition) is 13. The van der Waals surface area contributed by atoms with Crippen LogP contribution in [0.2, 0.25) is 0 Å². The third-order valence-corrected chi connectivity index (χ3v) is 14.5. The van der Waals surface area contributed by atoms with Crippen molar-refractivity contribution in [1.29, 1.82) is 0 Å². The zero-order valence-electron chi connectivity index (χ0n) is 40.9. The van der Waals surface area contributed by atoms with E-state index in [2.05, 4.69) is 0 Å². The Morgan fingerprint density at radius 3 is 2.20 bits per heavy atom. The second-order valence-corrected chi connectivity index (χ2v) is 19.6. The Kier molecular flexibility index (Phi) is 21.7. The number of hydrogen-bond donors (Lipinski definition) is 3. The van der Waals surface area contributed by atoms with Gasteiger partial charge in [-0.3, -0.25) is 14.4 Å². The minimum atomic E-state index is -2.39. The number of aliphatic hydroxyl groups excluding tert-OH is 1. The molecule has 0 aromatic heterocycles. The Hall–Kier alpha value is -3.08. The molecule has 2 saturated heterocycles. The molecule has 3 aliphatic heterocycles. The second kappa shape index (κ2) is 25.9. The summed E-state index contributed by atoms with van der Waals surface area (Å²) in [4.78, 5) is 57.8. The summed E-state index contributed by atoms with van der Waals surface area (Å²) in [6, 6.07) is -1.62. The first kappa shape index (κ1) is 54.5. The number of piperidine rings is 1. The highest BCUT2D eigenvalue weighted by Gasteiger charge is 2.53. The summed E-state index contributed by atoms with van der Waals surface area (Å²) >= 11 is 0. The maximum atomic E-state index is 14.4. The number of aliphatic hydroxyl groups is 2. The van der Waals surface area contributed by atoms with Crippen LogP contribution in [-0.4, -0.2) is 134 Å². The van der Waals surface area contributed by atoms with Gasteiger partial charge in [-0.25, -0.2) is 4.79 Å². The van der Waals surface area contributed by atoms with Gasteiger partial charge in [0, 0.05) is 59.3 Å². The van der Waals surface area contributed by atoms with Gasteiger partial charge in [-0.15, -0.1) is 0 Å². The molecule has 0 spiro atoms. The Morgan fingerprint density at radius 2 is 1.52 bits per heavy atom. The molecular formula is C51H82N2O12. The number of amides is 1. The molecule has 65 heavy (non-hydrogen) atoms. The van der Waals surface area contributed by atoms with Gasteiger partial charge in [0.15, 0.2) is 5.78 Å². The standard InChI is InChI=1S/C51H82N2O12/c1-31-16-12-11-13-17-33(3)43(61-8)30-38-22-20-36(6)51(59,65-38)48(56)49(57)53-25-15-14-18-40(53)50(58)64-41(39(52)28-37-21-24-42(60-7)44(29-37)62-9)23-19-32(2)27-35(5)46(55)47(63-10)45(54)34(4)26-31/h11-13,16-17,27,31-32,34,36-44,46-47,55,59H,14-15,18-26,28-30,52H2,1-10H3/b13-11+,16-12+,33-17+,35-27+/t31-,32+,34-,36-,37+,38+,39-,40+,41+,42-,43+,44-,46-,47+,51-/m1/s1. The smallest absolute Gasteiger partial charge is 0.329 e. The van der Waals surface area contributed by atoms with Crippen molar-refractivity contribution in [3.05, 3.63) is 47.6 Å². The fourth-order valence-electron chi connectivity index (χ4n) is 10.3. The maximum Gasteiger partial charge on any atom is 0.329 e. The first-order valence-corrected chi connectivity index (χ1v) is 24.1. The number of methoxy groups -OCH3 is 4. The third kappa shape index (κ3) is 14.7. The predicted molar refractivity (Wildman–Crippen MR) is 248 cm³/mol. The van der Waals surface area contributed by atoms with Gasteiger partial charge in [-0.05, 0) is 120 Å². The Balaban J connectivity index is 1.67. The summed E-state index contributed by atoms with van der Waals surface area (Å²) in [6.07, 6.45) is 14.8. The van der Waals surface area contributed by atoms with Gasteiger partial charge in [0.05, 0.1) is 24.4 Å². The summed E-state index contributed by atoms with van der Waals surface area (Å²) in [6.45, 7) is 11.4. The number of ether oxygens (including phenoxy) is 6. The lowest BCUT2D eigenvalue weighted by Crippen LogP contribution is -2.61. The molecule has 368 valence electrons. The van der Waals surface area contributed by atoms with Gasteiger partial charge < -0.3 is 49.3 Å². The molecule has 0 unspecified atom stereocenters. The minimum absolute atomic E-state index is 0.0153. The van der Waals surface area contributed by atoms with Gasteiger partial charge in [0.1, 0.15) is 24.4 Å². The molecule has 1 aliphatic carbocycles. The molecule has 14 heteroatoms. The lowest BCUT2D eigenvalue weighted by atomic mass is 9.80. The van der Waals surface area contributed by atoms with Crippen LogP contribution in [0, 0.1) is 29.6 Å². The lowest BCUT2D eigenvalue weighted by molar-refractivity contribution is -0.265. The van der Waals surface area contributed by atoms with Crippen molar-refractivity contribution in [3.8, 4) is 0 Å². The first-order valence-electron chi connectivity index (χ1n) is 24.1. The highest BCUT2D eigenvalue weighted by atomic mass is 16.6. The van der Waals surface area contributed by atoms with Crippen LogP contribution in [0.15, 0.2) is 47.6 Å². The van der Waals surface area contributed by atoms with Crippen molar-refractivity contribution in [2.24, 2.45) is 35.3 Å². The van der Waals surface area contributed by atoms with Gasteiger partial charge in [0.25, 0.3) is 11.7 Å². The number of fused-ring (bicyclic) bond motifs is 3. The number of carbonyl (C=O) groups is 4. The number of Topliss-reactive ketones (excluding diaryl/α,β-unsaturated/α-hetero) is 2. The van der Waals surface area contributed by atoms with Crippen molar-refractivity contribution in [2.75, 3.05) is 35.0 Å². The molecule has 0 radical (unpaired) electrons. The second-order valence-electron chi connectivity index (χ2n) is 19.6. The van der Waals surface area contributed by atoms with E-state index in [4.69, 9.17) is 34.2 Å². The summed E-state index contributed by atoms with van der Waals surface area (Å²) in [7, 11) is 6.39. The van der Waals surface area contributed by atoms with Crippen molar-refractivity contribution < 1.29 is 57.8 Å². The van der Waals surface area contributed by atoms with Crippen molar-refractivity contribution >= 4 is 23.4 Å². The SMILES string of the molecule is CO[C@H]1C[C@@H]2CC[C@@H](C)[C@@](O)(O2)C(=O)C(=O)N2CCCC[C@H]2C(=O)O[C@H]([C@H](N)C[C@@H]2CC[C@@H](OC)[C@H](OC)C2)CC[C@H](C)/C=C(\C)[C@@H](O)[C@@H](OC)C(=O)[C@H](C)C[C@H](C)/C=C/C=C/C=C/1C. The van der Waals surface area contributed by atoms with Crippen LogP contribution in [0.5, 0.6) is 0 Å². The normalized spacial score (nSPS) is 40.4. The van der Waals surface area contributed by atoms with E-state index in [0.29, 0.717) is 63.4 Å². The van der Waals surface area contributed by atoms with Crippen LogP contribution in [0.25, 0.3) is 0 Å². The van der Waals surface area contributed by atoms with E-state index in [0.717, 1.165) is 24.8 Å². The molecule has 4 N–H and O–H groups in total. The molecule has 14 nitrogen and oxygen atoms in total. The third-order valence-electron chi connectivity index (χ3n) is 14.5. The molecule has 15 atom stereocenters. The van der Waals surface area contributed by atoms with Gasteiger partial charge >= 0.3 is 5.97 Å². The summed E-state index contributed by atoms with van der Waals surface area (Å²) in [5.74, 6) is -6.20. The number of ketones is 2. The van der Waals surface area contributed by atoms with E-state index in [1.165, 1.54) is 12.0 Å². The molecule has 4 aliphatic rings. The molecule has 4 rings (SSSR count). The predicted octanol–water partition coefficient (Wildman–Crippen LogP) is 6.35. The van der Waals surface area contributed by atoms with Crippen LogP contribution in [0.3, 0.4) is 0 Å². The van der Waals surface area contributed by atoms with Crippen molar-refractivity contribution in [1.82, 2.24) is 4.90 Å². The maximum absolute atomic E-state index is 14.4. The van der Waals surface area contributed by atoms with Gasteiger partial charge in [-0.1, -0.05) is 64.2 Å². The molecule has 0 aromatic carbocycles. The highest BCUT2D eigenvalue weighted by Crippen LogP contribution is 2.37. The number of nitrogens with two attached hydrogens (primary N) is 1. The minimum Gasteiger partial charge on any atom is -0.459 e. The monoisotopic (exact) mass is 915 g/mol. The lowest BCUT2D eigenvalue weighted by Gasteiger charge is -2.42. The molecular weight excluding hydrogens is 833 g/mol. The summed E-state index contributed by atoms with van der Waals surface area (Å²) in [5.41, 5.74) is 8.48. The van der Waals surface area contributed by atoms with E-state index in [9.17, 15) is 29.4 Å². The zero-order valence-corrected chi connectivity index (χ0v) is 40.9. The summed E-state index contributed by atoms with van der Waals surface area (Å²) in [5, 5.41) is 23.4. The number of cyclic esters (lactones) is 1. The summed E-state index contributed by atoms with van der Waals surface area (Å²) < 4.78 is 35.4.